The second kappa shape index (κ2) is 5.52. The van der Waals surface area contributed by atoms with Crippen LogP contribution in [0.15, 0.2) is 23.3 Å². The third-order valence-electron chi connectivity index (χ3n) is 4.10. The standard InChI is InChI=1S/C15H22F2O/c1-11-3-6-13(7-4-11)8-10-14-9-5-12(2)15(16,17)18-14/h3,5,13-14H,4,6-10H2,1-2H3. The zero-order valence-electron chi connectivity index (χ0n) is 11.2. The van der Waals surface area contributed by atoms with Gasteiger partial charge >= 0.3 is 6.11 Å². The Labute approximate surface area is 108 Å². The molecule has 0 radical (unpaired) electrons. The van der Waals surface area contributed by atoms with Crippen LogP contribution in [0, 0.1) is 5.92 Å². The van der Waals surface area contributed by atoms with E-state index in [2.05, 4.69) is 13.0 Å². The summed E-state index contributed by atoms with van der Waals surface area (Å²) in [5.74, 6) is 0.651. The van der Waals surface area contributed by atoms with Gasteiger partial charge in [0.25, 0.3) is 0 Å². The maximum atomic E-state index is 13.4. The smallest absolute Gasteiger partial charge is 0.313 e. The quantitative estimate of drug-likeness (QED) is 0.656. The van der Waals surface area contributed by atoms with Crippen LogP contribution in [0.4, 0.5) is 8.78 Å². The van der Waals surface area contributed by atoms with Crippen LogP contribution < -0.4 is 0 Å². The van der Waals surface area contributed by atoms with E-state index in [0.29, 0.717) is 12.3 Å². The molecule has 0 saturated carbocycles. The van der Waals surface area contributed by atoms with Crippen LogP contribution in [-0.4, -0.2) is 12.2 Å². The first-order chi connectivity index (χ1) is 8.47. The number of alkyl halides is 2. The van der Waals surface area contributed by atoms with Crippen molar-refractivity contribution in [3.8, 4) is 0 Å². The van der Waals surface area contributed by atoms with Gasteiger partial charge in [-0.1, -0.05) is 17.7 Å². The largest absolute Gasteiger partial charge is 0.379 e. The molecule has 0 amide bonds. The van der Waals surface area contributed by atoms with Gasteiger partial charge in [0.2, 0.25) is 0 Å². The minimum atomic E-state index is -3.05. The van der Waals surface area contributed by atoms with Crippen LogP contribution in [0.25, 0.3) is 0 Å². The lowest BCUT2D eigenvalue weighted by Gasteiger charge is -2.30. The van der Waals surface area contributed by atoms with Crippen LogP contribution >= 0.6 is 0 Å². The molecule has 0 aromatic rings. The summed E-state index contributed by atoms with van der Waals surface area (Å²) in [6.45, 7) is 3.60. The van der Waals surface area contributed by atoms with E-state index in [1.54, 1.807) is 6.08 Å². The number of ether oxygens (including phenoxy) is 1. The Hall–Kier alpha value is -0.700. The molecule has 0 aromatic heterocycles. The molecular weight excluding hydrogens is 234 g/mol. The maximum Gasteiger partial charge on any atom is 0.379 e. The van der Waals surface area contributed by atoms with Gasteiger partial charge < -0.3 is 4.74 Å². The van der Waals surface area contributed by atoms with E-state index >= 15 is 0 Å². The van der Waals surface area contributed by atoms with Crippen molar-refractivity contribution in [1.29, 1.82) is 0 Å². The summed E-state index contributed by atoms with van der Waals surface area (Å²) < 4.78 is 31.6. The molecule has 0 N–H and O–H groups in total. The summed E-state index contributed by atoms with van der Waals surface area (Å²) in [5.41, 5.74) is 1.51. The van der Waals surface area contributed by atoms with Crippen LogP contribution in [0.1, 0.15) is 52.4 Å². The molecule has 0 aromatic carbocycles. The molecule has 0 bridgehead atoms. The third kappa shape index (κ3) is 3.41. The Kier molecular flexibility index (Phi) is 4.21. The number of hydrogen-bond donors (Lipinski definition) is 0. The molecular formula is C15H22F2O. The van der Waals surface area contributed by atoms with Gasteiger partial charge in [-0.05, 0) is 58.3 Å². The highest BCUT2D eigenvalue weighted by atomic mass is 19.3. The Morgan fingerprint density at radius 2 is 2.00 bits per heavy atom. The average Bonchev–Trinajstić information content (AvgIpc) is 2.32. The van der Waals surface area contributed by atoms with Crippen molar-refractivity contribution in [2.75, 3.05) is 0 Å². The molecule has 0 spiro atoms. The number of hydrogen-bond acceptors (Lipinski definition) is 1. The molecule has 2 unspecified atom stereocenters. The minimum absolute atomic E-state index is 0.0509. The van der Waals surface area contributed by atoms with Gasteiger partial charge in [0.15, 0.2) is 0 Å². The van der Waals surface area contributed by atoms with Gasteiger partial charge in [-0.3, -0.25) is 0 Å². The number of rotatable bonds is 3. The Balaban J connectivity index is 1.78. The summed E-state index contributed by atoms with van der Waals surface area (Å²) in [6.07, 6.45) is 6.38. The van der Waals surface area contributed by atoms with Crippen LogP contribution in [0.3, 0.4) is 0 Å². The van der Waals surface area contributed by atoms with Crippen molar-refractivity contribution in [2.24, 2.45) is 5.92 Å². The lowest BCUT2D eigenvalue weighted by Crippen LogP contribution is -2.33. The van der Waals surface area contributed by atoms with Crippen LogP contribution in [-0.2, 0) is 4.74 Å². The summed E-state index contributed by atoms with van der Waals surface area (Å²) in [7, 11) is 0. The molecule has 1 aliphatic heterocycles. The highest BCUT2D eigenvalue weighted by Crippen LogP contribution is 2.35. The van der Waals surface area contributed by atoms with Crippen LogP contribution in [0.5, 0.6) is 0 Å². The second-order valence-electron chi connectivity index (χ2n) is 5.65. The molecule has 0 saturated heterocycles. The van der Waals surface area contributed by atoms with Crippen molar-refractivity contribution >= 4 is 0 Å². The predicted molar refractivity (Wildman–Crippen MR) is 68.5 cm³/mol. The van der Waals surface area contributed by atoms with E-state index in [1.807, 2.05) is 0 Å². The van der Waals surface area contributed by atoms with E-state index in [0.717, 1.165) is 25.7 Å². The lowest BCUT2D eigenvalue weighted by molar-refractivity contribution is -0.243. The molecule has 102 valence electrons. The first-order valence-corrected chi connectivity index (χ1v) is 6.86. The first-order valence-electron chi connectivity index (χ1n) is 6.86. The molecule has 3 heteroatoms. The maximum absolute atomic E-state index is 13.4. The molecule has 2 aliphatic rings. The van der Waals surface area contributed by atoms with Gasteiger partial charge in [-0.15, -0.1) is 0 Å². The fourth-order valence-electron chi connectivity index (χ4n) is 2.66. The molecule has 18 heavy (non-hydrogen) atoms. The summed E-state index contributed by atoms with van der Waals surface area (Å²) in [6, 6.07) is 0. The van der Waals surface area contributed by atoms with E-state index < -0.39 is 6.11 Å². The number of halogens is 2. The molecule has 2 rings (SSSR count). The van der Waals surface area contributed by atoms with Gasteiger partial charge in [0, 0.05) is 5.57 Å². The highest BCUT2D eigenvalue weighted by Gasteiger charge is 2.38. The lowest BCUT2D eigenvalue weighted by atomic mass is 9.86. The second-order valence-corrected chi connectivity index (χ2v) is 5.65. The van der Waals surface area contributed by atoms with Gasteiger partial charge in [-0.2, -0.15) is 8.78 Å². The molecule has 2 atom stereocenters. The molecule has 1 heterocycles. The van der Waals surface area contributed by atoms with Crippen LogP contribution in [0.2, 0.25) is 0 Å². The molecule has 1 aliphatic carbocycles. The Morgan fingerprint density at radius 1 is 1.22 bits per heavy atom. The van der Waals surface area contributed by atoms with Crippen molar-refractivity contribution < 1.29 is 13.5 Å². The van der Waals surface area contributed by atoms with E-state index in [4.69, 9.17) is 4.74 Å². The fraction of sp³-hybridized carbons (Fsp3) is 0.733. The van der Waals surface area contributed by atoms with Crippen molar-refractivity contribution in [3.63, 3.8) is 0 Å². The fourth-order valence-corrected chi connectivity index (χ4v) is 2.66. The van der Waals surface area contributed by atoms with Gasteiger partial charge in [-0.25, -0.2) is 0 Å². The zero-order chi connectivity index (χ0) is 13.2. The monoisotopic (exact) mass is 256 g/mol. The van der Waals surface area contributed by atoms with E-state index in [9.17, 15) is 8.78 Å². The summed E-state index contributed by atoms with van der Waals surface area (Å²) in [4.78, 5) is 0. The summed E-state index contributed by atoms with van der Waals surface area (Å²) >= 11 is 0. The highest BCUT2D eigenvalue weighted by molar-refractivity contribution is 5.09. The zero-order valence-corrected chi connectivity index (χ0v) is 11.2. The SMILES string of the molecule is CC1=CCC(CCC2CC=C(C)C(F)(F)O2)CC1. The normalized spacial score (nSPS) is 31.8. The van der Waals surface area contributed by atoms with Crippen molar-refractivity contribution in [2.45, 2.75) is 64.6 Å². The van der Waals surface area contributed by atoms with Gasteiger partial charge in [0.1, 0.15) is 0 Å². The third-order valence-corrected chi connectivity index (χ3v) is 4.10. The van der Waals surface area contributed by atoms with E-state index in [-0.39, 0.29) is 11.7 Å². The summed E-state index contributed by atoms with van der Waals surface area (Å²) in [5, 5.41) is 0. The Bertz CT molecular complexity index is 358. The van der Waals surface area contributed by atoms with Crippen molar-refractivity contribution in [1.82, 2.24) is 0 Å². The first kappa shape index (κ1) is 13.7. The number of allylic oxidation sites excluding steroid dienone is 2. The molecule has 0 fully saturated rings. The predicted octanol–water partition coefficient (Wildman–Crippen LogP) is 4.84. The topological polar surface area (TPSA) is 9.23 Å². The minimum Gasteiger partial charge on any atom is -0.313 e. The van der Waals surface area contributed by atoms with E-state index in [1.165, 1.54) is 18.9 Å². The molecule has 1 nitrogen and oxygen atoms in total. The average molecular weight is 256 g/mol. The van der Waals surface area contributed by atoms with Gasteiger partial charge in [0.05, 0.1) is 6.10 Å². The van der Waals surface area contributed by atoms with Crippen molar-refractivity contribution in [3.05, 3.63) is 23.3 Å². The Morgan fingerprint density at radius 3 is 2.61 bits per heavy atom.